The molecular formula is C15H20O6. The molecule has 6 heteroatoms. The van der Waals surface area contributed by atoms with Crippen LogP contribution >= 0.6 is 0 Å². The van der Waals surface area contributed by atoms with Gasteiger partial charge in [-0.1, -0.05) is 0 Å². The van der Waals surface area contributed by atoms with Gasteiger partial charge in [-0.05, 0) is 20.8 Å². The van der Waals surface area contributed by atoms with Gasteiger partial charge in [-0.3, -0.25) is 14.4 Å². The van der Waals surface area contributed by atoms with E-state index in [4.69, 9.17) is 14.2 Å². The average Bonchev–Trinajstić information content (AvgIpc) is 2.35. The van der Waals surface area contributed by atoms with E-state index in [-0.39, 0.29) is 36.8 Å². The Hall–Kier alpha value is -1.69. The molecule has 21 heavy (non-hydrogen) atoms. The third-order valence-corrected chi connectivity index (χ3v) is 3.86. The molecule has 1 heterocycles. The molecule has 1 unspecified atom stereocenters. The number of fused-ring (bicyclic) bond motifs is 1. The summed E-state index contributed by atoms with van der Waals surface area (Å²) in [7, 11) is 1.33. The maximum atomic E-state index is 12.7. The maximum Gasteiger partial charge on any atom is 0.330 e. The Morgan fingerprint density at radius 2 is 2.10 bits per heavy atom. The quantitative estimate of drug-likeness (QED) is 0.574. The zero-order valence-corrected chi connectivity index (χ0v) is 12.7. The molecule has 6 nitrogen and oxygen atoms in total. The molecule has 1 saturated heterocycles. The summed E-state index contributed by atoms with van der Waals surface area (Å²) in [4.78, 5) is 37.1. The predicted molar refractivity (Wildman–Crippen MR) is 72.4 cm³/mol. The Balaban J connectivity index is 2.58. The van der Waals surface area contributed by atoms with E-state index < -0.39 is 23.1 Å². The molecule has 0 bridgehead atoms. The Morgan fingerprint density at radius 3 is 2.67 bits per heavy atom. The number of esters is 1. The molecule has 1 aliphatic heterocycles. The number of hydrogen-bond donors (Lipinski definition) is 0. The number of Topliss-reactive ketones (excluding diaryl/α,β-unsaturated/α-hetero) is 1. The monoisotopic (exact) mass is 296 g/mol. The maximum absolute atomic E-state index is 12.7. The molecule has 2 atom stereocenters. The zero-order valence-electron chi connectivity index (χ0n) is 12.7. The van der Waals surface area contributed by atoms with Crippen molar-refractivity contribution in [2.75, 3.05) is 13.7 Å². The molecule has 2 rings (SSSR count). The fraction of sp³-hybridized carbons (Fsp3) is 0.667. The summed E-state index contributed by atoms with van der Waals surface area (Å²) >= 11 is 0. The topological polar surface area (TPSA) is 78.9 Å². The van der Waals surface area contributed by atoms with E-state index in [9.17, 15) is 14.4 Å². The number of allylic oxidation sites excluding steroid dienone is 1. The van der Waals surface area contributed by atoms with E-state index in [1.165, 1.54) is 13.2 Å². The first-order valence-corrected chi connectivity index (χ1v) is 6.95. The van der Waals surface area contributed by atoms with Gasteiger partial charge in [0.15, 0.2) is 11.6 Å². The smallest absolute Gasteiger partial charge is 0.330 e. The predicted octanol–water partition coefficient (Wildman–Crippen LogP) is 1.18. The molecule has 0 amide bonds. The van der Waals surface area contributed by atoms with Crippen LogP contribution in [-0.2, 0) is 28.6 Å². The van der Waals surface area contributed by atoms with Crippen LogP contribution in [-0.4, -0.2) is 43.0 Å². The molecule has 1 fully saturated rings. The first-order chi connectivity index (χ1) is 9.77. The summed E-state index contributed by atoms with van der Waals surface area (Å²) < 4.78 is 16.1. The average molecular weight is 296 g/mol. The highest BCUT2D eigenvalue weighted by molar-refractivity contribution is 6.11. The molecule has 0 saturated carbocycles. The molecular weight excluding hydrogens is 276 g/mol. The third-order valence-electron chi connectivity index (χ3n) is 3.86. The Kier molecular flexibility index (Phi) is 3.93. The lowest BCUT2D eigenvalue weighted by Crippen LogP contribution is -2.61. The summed E-state index contributed by atoms with van der Waals surface area (Å²) in [6, 6.07) is 0. The molecule has 0 aromatic carbocycles. The minimum Gasteiger partial charge on any atom is -0.499 e. The first-order valence-electron chi connectivity index (χ1n) is 6.95. The second-order valence-corrected chi connectivity index (χ2v) is 5.88. The summed E-state index contributed by atoms with van der Waals surface area (Å²) in [5.41, 5.74) is -2.39. The molecule has 0 aromatic rings. The largest absolute Gasteiger partial charge is 0.499 e. The van der Waals surface area contributed by atoms with Crippen LogP contribution < -0.4 is 0 Å². The highest BCUT2D eigenvalue weighted by Gasteiger charge is 2.64. The SMILES string of the molecule is CCOC(=O)[C@@]12C(=O)CC(C)(C)OC1CC(=O)C=C2OC. The van der Waals surface area contributed by atoms with Gasteiger partial charge in [0.05, 0.1) is 25.4 Å². The summed E-state index contributed by atoms with van der Waals surface area (Å²) in [6.45, 7) is 5.31. The van der Waals surface area contributed by atoms with E-state index in [1.54, 1.807) is 20.8 Å². The second-order valence-electron chi connectivity index (χ2n) is 5.88. The normalized spacial score (nSPS) is 31.2. The number of ketones is 2. The van der Waals surface area contributed by atoms with Crippen molar-refractivity contribution in [3.05, 3.63) is 11.8 Å². The van der Waals surface area contributed by atoms with Gasteiger partial charge in [-0.15, -0.1) is 0 Å². The van der Waals surface area contributed by atoms with Gasteiger partial charge in [0.2, 0.25) is 5.41 Å². The van der Waals surface area contributed by atoms with Crippen LogP contribution in [0.25, 0.3) is 0 Å². The van der Waals surface area contributed by atoms with Crippen LogP contribution in [0.4, 0.5) is 0 Å². The molecule has 0 spiro atoms. The summed E-state index contributed by atoms with van der Waals surface area (Å²) in [5.74, 6) is -1.26. The van der Waals surface area contributed by atoms with Gasteiger partial charge in [0.25, 0.3) is 0 Å². The lowest BCUT2D eigenvalue weighted by Gasteiger charge is -2.47. The van der Waals surface area contributed by atoms with Crippen molar-refractivity contribution in [3.63, 3.8) is 0 Å². The highest BCUT2D eigenvalue weighted by Crippen LogP contribution is 2.48. The molecule has 116 valence electrons. The second kappa shape index (κ2) is 5.26. The minimum atomic E-state index is -1.66. The van der Waals surface area contributed by atoms with Crippen molar-refractivity contribution in [1.82, 2.24) is 0 Å². The Bertz CT molecular complexity index is 518. The van der Waals surface area contributed by atoms with Crippen molar-refractivity contribution >= 4 is 17.5 Å². The van der Waals surface area contributed by atoms with Crippen molar-refractivity contribution in [2.24, 2.45) is 5.41 Å². The molecule has 0 radical (unpaired) electrons. The van der Waals surface area contributed by atoms with Crippen molar-refractivity contribution in [1.29, 1.82) is 0 Å². The van der Waals surface area contributed by atoms with E-state index in [0.717, 1.165) is 0 Å². The highest BCUT2D eigenvalue weighted by atomic mass is 16.6. The van der Waals surface area contributed by atoms with Crippen LogP contribution in [0.3, 0.4) is 0 Å². The molecule has 2 aliphatic rings. The minimum absolute atomic E-state index is 0.0164. The van der Waals surface area contributed by atoms with Crippen LogP contribution in [0.1, 0.15) is 33.6 Å². The Labute approximate surface area is 123 Å². The van der Waals surface area contributed by atoms with Crippen molar-refractivity contribution in [3.8, 4) is 0 Å². The number of methoxy groups -OCH3 is 1. The van der Waals surface area contributed by atoms with Gasteiger partial charge in [0, 0.05) is 18.9 Å². The number of hydrogen-bond acceptors (Lipinski definition) is 6. The molecule has 0 aromatic heterocycles. The van der Waals surface area contributed by atoms with Gasteiger partial charge in [-0.2, -0.15) is 0 Å². The van der Waals surface area contributed by atoms with Crippen molar-refractivity contribution in [2.45, 2.75) is 45.3 Å². The number of ether oxygens (including phenoxy) is 3. The van der Waals surface area contributed by atoms with Crippen LogP contribution in [0.2, 0.25) is 0 Å². The lowest BCUT2D eigenvalue weighted by molar-refractivity contribution is -0.199. The third kappa shape index (κ3) is 2.37. The van der Waals surface area contributed by atoms with E-state index in [1.807, 2.05) is 0 Å². The van der Waals surface area contributed by atoms with E-state index in [0.29, 0.717) is 0 Å². The van der Waals surface area contributed by atoms with Crippen LogP contribution in [0.15, 0.2) is 11.8 Å². The first kappa shape index (κ1) is 15.7. The lowest BCUT2D eigenvalue weighted by atomic mass is 9.66. The van der Waals surface area contributed by atoms with E-state index in [2.05, 4.69) is 0 Å². The molecule has 0 N–H and O–H groups in total. The van der Waals surface area contributed by atoms with Gasteiger partial charge in [-0.25, -0.2) is 0 Å². The molecule has 1 aliphatic carbocycles. The fourth-order valence-corrected chi connectivity index (χ4v) is 3.02. The van der Waals surface area contributed by atoms with E-state index >= 15 is 0 Å². The van der Waals surface area contributed by atoms with Gasteiger partial charge < -0.3 is 14.2 Å². The zero-order chi connectivity index (χ0) is 15.8. The standard InChI is InChI=1S/C15H20O6/c1-5-20-13(18)15-10(17)8-14(2,3)21-12(15)7-9(16)6-11(15)19-4/h6,12H,5,7-8H2,1-4H3/t12?,15-/m1/s1. The number of rotatable bonds is 3. The van der Waals surface area contributed by atoms with Crippen molar-refractivity contribution < 1.29 is 28.6 Å². The summed E-state index contributed by atoms with van der Waals surface area (Å²) in [5, 5.41) is 0. The summed E-state index contributed by atoms with van der Waals surface area (Å²) in [6.07, 6.45) is 0.325. The van der Waals surface area contributed by atoms with Crippen LogP contribution in [0, 0.1) is 5.41 Å². The fourth-order valence-electron chi connectivity index (χ4n) is 3.02. The Morgan fingerprint density at radius 1 is 1.43 bits per heavy atom. The van der Waals surface area contributed by atoms with Gasteiger partial charge >= 0.3 is 5.97 Å². The van der Waals surface area contributed by atoms with Crippen LogP contribution in [0.5, 0.6) is 0 Å². The van der Waals surface area contributed by atoms with Gasteiger partial charge in [0.1, 0.15) is 5.76 Å². The number of carbonyl (C=O) groups is 3. The number of carbonyl (C=O) groups excluding carboxylic acids is 3.